The first-order valence-electron chi connectivity index (χ1n) is 9.79. The Morgan fingerprint density at radius 1 is 1.00 bits per heavy atom. The molecule has 1 aliphatic heterocycles. The van der Waals surface area contributed by atoms with E-state index in [4.69, 9.17) is 9.47 Å². The summed E-state index contributed by atoms with van der Waals surface area (Å²) in [5.74, 6) is -4.02. The largest absolute Gasteiger partial charge is 0.497 e. The SMILES string of the molecule is COc1ccc(CC2(OC(=O)C3(C(=O)O)CCCC3)C(=O)N(C)C(=O)N(C)C2=O)cc1. The third-order valence-corrected chi connectivity index (χ3v) is 6.01. The van der Waals surface area contributed by atoms with Gasteiger partial charge in [-0.25, -0.2) is 4.79 Å². The van der Waals surface area contributed by atoms with Crippen molar-refractivity contribution in [2.45, 2.75) is 37.7 Å². The van der Waals surface area contributed by atoms with Crippen molar-refractivity contribution in [1.29, 1.82) is 0 Å². The van der Waals surface area contributed by atoms with E-state index in [0.29, 0.717) is 34.0 Å². The van der Waals surface area contributed by atoms with Crippen molar-refractivity contribution >= 4 is 29.8 Å². The lowest BCUT2D eigenvalue weighted by molar-refractivity contribution is -0.194. The number of imide groups is 2. The molecule has 2 fully saturated rings. The molecule has 0 atom stereocenters. The van der Waals surface area contributed by atoms with Crippen LogP contribution in [0.4, 0.5) is 4.79 Å². The van der Waals surface area contributed by atoms with Crippen LogP contribution in [0.3, 0.4) is 0 Å². The van der Waals surface area contributed by atoms with Gasteiger partial charge in [-0.2, -0.15) is 0 Å². The van der Waals surface area contributed by atoms with Gasteiger partial charge in [0, 0.05) is 20.5 Å². The highest BCUT2D eigenvalue weighted by atomic mass is 16.6. The molecule has 1 N–H and O–H groups in total. The number of carbonyl (C=O) groups excluding carboxylic acids is 4. The minimum atomic E-state index is -2.39. The van der Waals surface area contributed by atoms with Gasteiger partial charge in [0.1, 0.15) is 5.75 Å². The molecule has 3 rings (SSSR count). The van der Waals surface area contributed by atoms with Gasteiger partial charge in [0.15, 0.2) is 5.41 Å². The maximum absolute atomic E-state index is 13.2. The van der Waals surface area contributed by atoms with Crippen molar-refractivity contribution in [2.75, 3.05) is 21.2 Å². The number of carboxylic acid groups (broad SMARTS) is 1. The Kier molecular flexibility index (Phi) is 5.75. The van der Waals surface area contributed by atoms with Gasteiger partial charge in [0.05, 0.1) is 7.11 Å². The molecule has 10 heteroatoms. The molecular formula is C21H24N2O8. The average Bonchev–Trinajstić information content (AvgIpc) is 3.27. The number of hydrogen-bond acceptors (Lipinski definition) is 7. The Morgan fingerprint density at radius 3 is 1.97 bits per heavy atom. The molecule has 0 aromatic heterocycles. The number of amides is 4. The number of likely N-dealkylation sites (N-methyl/N-ethyl adjacent to an activating group) is 2. The standard InChI is InChI=1S/C21H24N2O8/c1-22-15(24)21(16(25)23(2)19(22)29,12-13-6-8-14(30-3)9-7-13)31-18(28)20(17(26)27)10-4-5-11-20/h6-9H,4-5,10-12H2,1-3H3,(H,26,27). The van der Waals surface area contributed by atoms with Crippen LogP contribution in [0.5, 0.6) is 5.75 Å². The first-order chi connectivity index (χ1) is 14.6. The van der Waals surface area contributed by atoms with Crippen LogP contribution in [0, 0.1) is 5.41 Å². The van der Waals surface area contributed by atoms with E-state index < -0.39 is 40.8 Å². The van der Waals surface area contributed by atoms with Gasteiger partial charge in [-0.05, 0) is 30.5 Å². The van der Waals surface area contributed by atoms with Crippen LogP contribution in [0.25, 0.3) is 0 Å². The molecule has 1 saturated carbocycles. The van der Waals surface area contributed by atoms with Crippen LogP contribution in [-0.2, 0) is 30.3 Å². The predicted molar refractivity (Wildman–Crippen MR) is 105 cm³/mol. The number of carbonyl (C=O) groups is 5. The Bertz CT molecular complexity index is 909. The van der Waals surface area contributed by atoms with Crippen LogP contribution < -0.4 is 4.74 Å². The predicted octanol–water partition coefficient (Wildman–Crippen LogP) is 1.22. The fourth-order valence-electron chi connectivity index (χ4n) is 4.08. The van der Waals surface area contributed by atoms with Gasteiger partial charge < -0.3 is 14.6 Å². The number of rotatable bonds is 6. The summed E-state index contributed by atoms with van der Waals surface area (Å²) in [5.41, 5.74) is -3.76. The molecule has 0 unspecified atom stereocenters. The summed E-state index contributed by atoms with van der Waals surface area (Å²) < 4.78 is 10.6. The van der Waals surface area contributed by atoms with Crippen molar-refractivity contribution in [3.05, 3.63) is 29.8 Å². The first-order valence-corrected chi connectivity index (χ1v) is 9.79. The third-order valence-electron chi connectivity index (χ3n) is 6.01. The molecular weight excluding hydrogens is 408 g/mol. The Labute approximate surface area is 178 Å². The van der Waals surface area contributed by atoms with E-state index in [0.717, 1.165) is 0 Å². The zero-order valence-corrected chi connectivity index (χ0v) is 17.5. The number of ether oxygens (including phenoxy) is 2. The Hall–Kier alpha value is -3.43. The second-order valence-electron chi connectivity index (χ2n) is 7.85. The molecule has 1 saturated heterocycles. The summed E-state index contributed by atoms with van der Waals surface area (Å²) in [5, 5.41) is 9.71. The highest BCUT2D eigenvalue weighted by molar-refractivity contribution is 6.22. The van der Waals surface area contributed by atoms with E-state index in [1.165, 1.54) is 21.2 Å². The summed E-state index contributed by atoms with van der Waals surface area (Å²) >= 11 is 0. The summed E-state index contributed by atoms with van der Waals surface area (Å²) in [6.07, 6.45) is 0.748. The molecule has 1 heterocycles. The van der Waals surface area contributed by atoms with Gasteiger partial charge in [-0.15, -0.1) is 0 Å². The van der Waals surface area contributed by atoms with E-state index >= 15 is 0 Å². The number of methoxy groups -OCH3 is 1. The summed E-state index contributed by atoms with van der Waals surface area (Å²) in [6.45, 7) is 0. The van der Waals surface area contributed by atoms with Crippen molar-refractivity contribution in [2.24, 2.45) is 5.41 Å². The fourth-order valence-corrected chi connectivity index (χ4v) is 4.08. The van der Waals surface area contributed by atoms with Gasteiger partial charge >= 0.3 is 18.0 Å². The summed E-state index contributed by atoms with van der Waals surface area (Å²) in [4.78, 5) is 65.0. The Morgan fingerprint density at radius 2 is 1.52 bits per heavy atom. The van der Waals surface area contributed by atoms with E-state index in [1.807, 2.05) is 0 Å². The fraction of sp³-hybridized carbons (Fsp3) is 0.476. The molecule has 31 heavy (non-hydrogen) atoms. The molecule has 1 aromatic rings. The van der Waals surface area contributed by atoms with E-state index in [9.17, 15) is 29.1 Å². The summed E-state index contributed by atoms with van der Waals surface area (Å²) in [6, 6.07) is 5.53. The molecule has 0 bridgehead atoms. The maximum atomic E-state index is 13.2. The monoisotopic (exact) mass is 432 g/mol. The Balaban J connectivity index is 2.06. The normalized spacial score (nSPS) is 20.0. The van der Waals surface area contributed by atoms with Crippen LogP contribution in [-0.4, -0.2) is 71.5 Å². The van der Waals surface area contributed by atoms with E-state index in [-0.39, 0.29) is 19.3 Å². The molecule has 2 aliphatic rings. The average molecular weight is 432 g/mol. The second-order valence-corrected chi connectivity index (χ2v) is 7.85. The van der Waals surface area contributed by atoms with Crippen LogP contribution >= 0.6 is 0 Å². The molecule has 166 valence electrons. The van der Waals surface area contributed by atoms with E-state index in [1.54, 1.807) is 24.3 Å². The van der Waals surface area contributed by atoms with Crippen LogP contribution in [0.2, 0.25) is 0 Å². The van der Waals surface area contributed by atoms with Crippen molar-refractivity contribution < 1.29 is 38.6 Å². The van der Waals surface area contributed by atoms with Crippen molar-refractivity contribution in [1.82, 2.24) is 9.80 Å². The number of nitrogens with zero attached hydrogens (tertiary/aromatic N) is 2. The molecule has 4 amide bonds. The van der Waals surface area contributed by atoms with Crippen molar-refractivity contribution in [3.8, 4) is 5.75 Å². The summed E-state index contributed by atoms with van der Waals surface area (Å²) in [7, 11) is 3.83. The smallest absolute Gasteiger partial charge is 0.333 e. The highest BCUT2D eigenvalue weighted by Gasteiger charge is 2.61. The molecule has 1 aliphatic carbocycles. The number of benzene rings is 1. The molecule has 0 radical (unpaired) electrons. The molecule has 0 spiro atoms. The second kappa shape index (κ2) is 8.01. The number of aliphatic carboxylic acids is 1. The highest BCUT2D eigenvalue weighted by Crippen LogP contribution is 2.42. The third kappa shape index (κ3) is 3.51. The lowest BCUT2D eigenvalue weighted by atomic mass is 9.84. The number of hydrogen-bond donors (Lipinski definition) is 1. The number of esters is 1. The van der Waals surface area contributed by atoms with Crippen LogP contribution in [0.15, 0.2) is 24.3 Å². The lowest BCUT2D eigenvalue weighted by Gasteiger charge is -2.41. The van der Waals surface area contributed by atoms with Gasteiger partial charge in [-0.3, -0.25) is 29.0 Å². The van der Waals surface area contributed by atoms with Gasteiger partial charge in [0.2, 0.25) is 0 Å². The lowest BCUT2D eigenvalue weighted by Crippen LogP contribution is -2.70. The minimum absolute atomic E-state index is 0.0484. The number of carboxylic acids is 1. The zero-order valence-electron chi connectivity index (χ0n) is 17.5. The molecule has 1 aromatic carbocycles. The van der Waals surface area contributed by atoms with Crippen molar-refractivity contribution in [3.63, 3.8) is 0 Å². The van der Waals surface area contributed by atoms with Crippen LogP contribution in [0.1, 0.15) is 31.2 Å². The quantitative estimate of drug-likeness (QED) is 0.524. The van der Waals surface area contributed by atoms with E-state index in [2.05, 4.69) is 0 Å². The number of urea groups is 1. The van der Waals surface area contributed by atoms with Gasteiger partial charge in [0.25, 0.3) is 17.4 Å². The minimum Gasteiger partial charge on any atom is -0.497 e. The number of barbiturate groups is 1. The molecule has 10 nitrogen and oxygen atoms in total. The first kappa shape index (κ1) is 22.3. The van der Waals surface area contributed by atoms with Gasteiger partial charge in [-0.1, -0.05) is 25.0 Å². The zero-order chi connectivity index (χ0) is 23.0. The maximum Gasteiger partial charge on any atom is 0.333 e. The topological polar surface area (TPSA) is 131 Å².